The molecule has 0 N–H and O–H groups in total. The summed E-state index contributed by atoms with van der Waals surface area (Å²) in [6.07, 6.45) is 4.49. The lowest BCUT2D eigenvalue weighted by Gasteiger charge is -2.04. The lowest BCUT2D eigenvalue weighted by atomic mass is 10.2. The van der Waals surface area contributed by atoms with Crippen molar-refractivity contribution in [2.75, 3.05) is 27.6 Å². The molecule has 0 aliphatic rings. The van der Waals surface area contributed by atoms with Crippen LogP contribution in [0.25, 0.3) is 0 Å². The maximum Gasteiger partial charge on any atom is 0.129 e. The van der Waals surface area contributed by atoms with Gasteiger partial charge >= 0.3 is 0 Å². The molecule has 0 aliphatic heterocycles. The predicted octanol–water partition coefficient (Wildman–Crippen LogP) is 6.68. The minimum atomic E-state index is 0.255. The third-order valence-corrected chi connectivity index (χ3v) is 3.86. The average Bonchev–Trinajstić information content (AvgIpc) is 2.75. The summed E-state index contributed by atoms with van der Waals surface area (Å²) in [4.78, 5) is 11.1. The Hall–Kier alpha value is -2.14. The zero-order valence-corrected chi connectivity index (χ0v) is 19.9. The number of carbonyl (C=O) groups excluding carboxylic acids is 1. The van der Waals surface area contributed by atoms with E-state index >= 15 is 0 Å². The van der Waals surface area contributed by atoms with Crippen molar-refractivity contribution in [1.82, 2.24) is 0 Å². The number of rotatable bonds is 7. The molecule has 1 rings (SSSR count). The van der Waals surface area contributed by atoms with E-state index in [0.29, 0.717) is 17.9 Å². The van der Waals surface area contributed by atoms with Crippen molar-refractivity contribution in [3.8, 4) is 5.75 Å². The number of Topliss-reactive ketones (excluding diaryl/α,β-unsaturated/α-hetero) is 1. The molecular formula is C23H38O4S. The molecule has 0 saturated carbocycles. The van der Waals surface area contributed by atoms with E-state index in [9.17, 15) is 4.79 Å². The second-order valence-electron chi connectivity index (χ2n) is 5.06. The Morgan fingerprint density at radius 1 is 1.04 bits per heavy atom. The summed E-state index contributed by atoms with van der Waals surface area (Å²) in [6.45, 7) is 16.6. The molecule has 0 heterocycles. The lowest BCUT2D eigenvalue weighted by molar-refractivity contribution is -0.116. The number of ether oxygens (including phenoxy) is 3. The van der Waals surface area contributed by atoms with Gasteiger partial charge in [0, 0.05) is 11.3 Å². The van der Waals surface area contributed by atoms with Gasteiger partial charge in [-0.25, -0.2) is 0 Å². The van der Waals surface area contributed by atoms with Crippen molar-refractivity contribution in [2.24, 2.45) is 0 Å². The third kappa shape index (κ3) is 18.6. The van der Waals surface area contributed by atoms with Gasteiger partial charge in [0.05, 0.1) is 21.3 Å². The Bertz CT molecular complexity index is 552. The molecule has 0 bridgehead atoms. The molecule has 28 heavy (non-hydrogen) atoms. The first-order chi connectivity index (χ1) is 13.2. The quantitative estimate of drug-likeness (QED) is 0.285. The molecule has 0 radical (unpaired) electrons. The summed E-state index contributed by atoms with van der Waals surface area (Å²) in [6, 6.07) is 8.02. The van der Waals surface area contributed by atoms with Gasteiger partial charge in [0.25, 0.3) is 0 Å². The highest BCUT2D eigenvalue weighted by molar-refractivity contribution is 7.98. The molecule has 160 valence electrons. The molecule has 0 unspecified atom stereocenters. The topological polar surface area (TPSA) is 44.8 Å². The fourth-order valence-electron chi connectivity index (χ4n) is 1.25. The van der Waals surface area contributed by atoms with Crippen molar-refractivity contribution >= 4 is 17.5 Å². The van der Waals surface area contributed by atoms with Crippen LogP contribution in [0.15, 0.2) is 65.5 Å². The molecule has 0 saturated heterocycles. The van der Waals surface area contributed by atoms with E-state index in [1.165, 1.54) is 4.90 Å². The van der Waals surface area contributed by atoms with Crippen LogP contribution < -0.4 is 4.74 Å². The average molecular weight is 411 g/mol. The van der Waals surface area contributed by atoms with E-state index in [2.05, 4.69) is 19.4 Å². The fraction of sp³-hybridized carbons (Fsp3) is 0.435. The summed E-state index contributed by atoms with van der Waals surface area (Å²) in [5.41, 5.74) is 0.916. The molecule has 4 nitrogen and oxygen atoms in total. The van der Waals surface area contributed by atoms with Crippen LogP contribution in [0.4, 0.5) is 0 Å². The number of methoxy groups -OCH3 is 3. The van der Waals surface area contributed by atoms with Gasteiger partial charge in [-0.3, -0.25) is 0 Å². The Labute approximate surface area is 176 Å². The van der Waals surface area contributed by atoms with E-state index in [0.717, 1.165) is 11.3 Å². The summed E-state index contributed by atoms with van der Waals surface area (Å²) < 4.78 is 14.8. The molecule has 1 aromatic carbocycles. The van der Waals surface area contributed by atoms with Crippen LogP contribution in [-0.2, 0) is 14.3 Å². The number of ketones is 1. The zero-order chi connectivity index (χ0) is 22.5. The van der Waals surface area contributed by atoms with Gasteiger partial charge in [-0.15, -0.1) is 11.8 Å². The van der Waals surface area contributed by atoms with Gasteiger partial charge in [-0.1, -0.05) is 33.9 Å². The predicted molar refractivity (Wildman–Crippen MR) is 123 cm³/mol. The Balaban J connectivity index is -0.000000339. The number of benzene rings is 1. The molecule has 1 aromatic rings. The van der Waals surface area contributed by atoms with E-state index in [4.69, 9.17) is 14.2 Å². The van der Waals surface area contributed by atoms with Gasteiger partial charge < -0.3 is 19.0 Å². The molecule has 0 fully saturated rings. The smallest absolute Gasteiger partial charge is 0.129 e. The lowest BCUT2D eigenvalue weighted by Crippen LogP contribution is -1.88. The summed E-state index contributed by atoms with van der Waals surface area (Å²) in [7, 11) is 4.82. The van der Waals surface area contributed by atoms with Crippen LogP contribution in [0, 0.1) is 0 Å². The van der Waals surface area contributed by atoms with Crippen molar-refractivity contribution in [3.63, 3.8) is 0 Å². The molecule has 0 amide bonds. The van der Waals surface area contributed by atoms with Gasteiger partial charge in [0.15, 0.2) is 0 Å². The largest absolute Gasteiger partial charge is 0.497 e. The Kier molecular flexibility index (Phi) is 23.1. The van der Waals surface area contributed by atoms with Crippen molar-refractivity contribution in [1.29, 1.82) is 0 Å². The monoisotopic (exact) mass is 410 g/mol. The van der Waals surface area contributed by atoms with Crippen molar-refractivity contribution in [2.45, 2.75) is 45.9 Å². The van der Waals surface area contributed by atoms with Gasteiger partial charge in [0.1, 0.15) is 23.1 Å². The molecule has 0 spiro atoms. The summed E-state index contributed by atoms with van der Waals surface area (Å²) >= 11 is 1.73. The highest BCUT2D eigenvalue weighted by atomic mass is 32.2. The second-order valence-corrected chi connectivity index (χ2v) is 5.94. The highest BCUT2D eigenvalue weighted by Crippen LogP contribution is 2.18. The Morgan fingerprint density at radius 2 is 1.50 bits per heavy atom. The van der Waals surface area contributed by atoms with E-state index in [1.807, 2.05) is 52.0 Å². The first kappa shape index (κ1) is 30.6. The van der Waals surface area contributed by atoms with E-state index < -0.39 is 0 Å². The van der Waals surface area contributed by atoms with Gasteiger partial charge in [-0.2, -0.15) is 0 Å². The molecular weight excluding hydrogens is 372 g/mol. The number of carbonyl (C=O) groups is 1. The molecule has 0 aliphatic carbocycles. The SMILES string of the molecule is C=C(/C=C(/C)C(=C)OC)OC.CC.CCC(C)=O.COc1ccc(SC)cc1. The minimum absolute atomic E-state index is 0.255. The zero-order valence-electron chi connectivity index (χ0n) is 19.0. The number of hydrogen-bond acceptors (Lipinski definition) is 5. The van der Waals surface area contributed by atoms with Gasteiger partial charge in [0.2, 0.25) is 0 Å². The normalized spacial score (nSPS) is 9.11. The van der Waals surface area contributed by atoms with E-state index in [-0.39, 0.29) is 5.78 Å². The third-order valence-electron chi connectivity index (χ3n) is 3.12. The minimum Gasteiger partial charge on any atom is -0.497 e. The molecule has 5 heteroatoms. The fourth-order valence-corrected chi connectivity index (χ4v) is 1.66. The van der Waals surface area contributed by atoms with Crippen LogP contribution >= 0.6 is 11.8 Å². The van der Waals surface area contributed by atoms with E-state index in [1.54, 1.807) is 46.1 Å². The second kappa shape index (κ2) is 21.2. The van der Waals surface area contributed by atoms with Crippen LogP contribution in [0.1, 0.15) is 41.0 Å². The maximum atomic E-state index is 9.81. The Morgan fingerprint density at radius 3 is 1.79 bits per heavy atom. The van der Waals surface area contributed by atoms with Crippen LogP contribution in [0.2, 0.25) is 0 Å². The number of allylic oxidation sites excluding steroid dienone is 2. The number of thioether (sulfide) groups is 1. The van der Waals surface area contributed by atoms with Crippen LogP contribution in [0.5, 0.6) is 5.75 Å². The van der Waals surface area contributed by atoms with Crippen molar-refractivity contribution < 1.29 is 19.0 Å². The maximum absolute atomic E-state index is 9.81. The first-order valence-corrected chi connectivity index (χ1v) is 10.3. The summed E-state index contributed by atoms with van der Waals surface area (Å²) in [5, 5.41) is 0. The molecule has 0 aromatic heterocycles. The van der Waals surface area contributed by atoms with Crippen LogP contribution in [-0.4, -0.2) is 33.4 Å². The van der Waals surface area contributed by atoms with Gasteiger partial charge in [-0.05, 0) is 56.0 Å². The highest BCUT2D eigenvalue weighted by Gasteiger charge is 1.95. The standard InChI is InChI=1S/C9H14O2.C8H10OS.C4H8O.C2H6/c1-7(9(3)11-5)6-8(2)10-4;1-9-7-3-5-8(10-2)6-4-7;1-3-4(2)5;1-2/h6H,2-3H2,1,4-5H3;3-6H,1-2H3;3H2,1-2H3;1-2H3/b7-6-;;;. The molecule has 0 atom stereocenters. The summed E-state index contributed by atoms with van der Waals surface area (Å²) in [5.74, 6) is 2.40. The van der Waals surface area contributed by atoms with Crippen molar-refractivity contribution in [3.05, 3.63) is 60.6 Å². The van der Waals surface area contributed by atoms with Crippen LogP contribution in [0.3, 0.4) is 0 Å². The number of hydrogen-bond donors (Lipinski definition) is 0. The first-order valence-electron chi connectivity index (χ1n) is 9.07.